The molecule has 0 spiro atoms. The molecule has 2 heterocycles. The van der Waals surface area contributed by atoms with E-state index in [1.165, 1.54) is 17.2 Å². The molecule has 0 aliphatic carbocycles. The summed E-state index contributed by atoms with van der Waals surface area (Å²) in [5.41, 5.74) is 5.66. The molecule has 0 bridgehead atoms. The van der Waals surface area contributed by atoms with Crippen LogP contribution in [0, 0.1) is 5.92 Å². The molecule has 100 valence electrons. The highest BCUT2D eigenvalue weighted by atomic mass is 79.9. The predicted molar refractivity (Wildman–Crippen MR) is 83.4 cm³/mol. The summed E-state index contributed by atoms with van der Waals surface area (Å²) in [7, 11) is 0. The van der Waals surface area contributed by atoms with E-state index in [-0.39, 0.29) is 0 Å². The Bertz CT molecular complexity index is 585. The molecule has 1 aromatic heterocycles. The van der Waals surface area contributed by atoms with Crippen molar-refractivity contribution in [3.63, 3.8) is 0 Å². The van der Waals surface area contributed by atoms with Crippen molar-refractivity contribution in [1.29, 1.82) is 0 Å². The van der Waals surface area contributed by atoms with E-state index < -0.39 is 0 Å². The lowest BCUT2D eigenvalue weighted by molar-refractivity contribution is 0.546. The highest BCUT2D eigenvalue weighted by Gasteiger charge is 2.24. The number of halogens is 1. The molecule has 0 saturated carbocycles. The lowest BCUT2D eigenvalue weighted by Crippen LogP contribution is -2.21. The van der Waals surface area contributed by atoms with E-state index in [2.05, 4.69) is 50.1 Å². The minimum atomic E-state index is 0.717. The fourth-order valence-corrected chi connectivity index (χ4v) is 3.40. The molecular weight excluding hydrogens is 302 g/mol. The first kappa shape index (κ1) is 12.9. The van der Waals surface area contributed by atoms with Gasteiger partial charge in [0.15, 0.2) is 0 Å². The zero-order chi connectivity index (χ0) is 13.2. The second-order valence-corrected chi connectivity index (χ2v) is 6.00. The van der Waals surface area contributed by atoms with E-state index >= 15 is 0 Å². The molecule has 1 unspecified atom stereocenters. The number of benzene rings is 1. The van der Waals surface area contributed by atoms with Crippen molar-refractivity contribution >= 4 is 32.5 Å². The number of fused-ring (bicyclic) bond motifs is 1. The van der Waals surface area contributed by atoms with Gasteiger partial charge in [-0.05, 0) is 37.4 Å². The van der Waals surface area contributed by atoms with Gasteiger partial charge in [0.1, 0.15) is 5.82 Å². The summed E-state index contributed by atoms with van der Waals surface area (Å²) < 4.78 is 1.13. The van der Waals surface area contributed by atoms with Crippen molar-refractivity contribution in [1.82, 2.24) is 4.98 Å². The first-order valence-electron chi connectivity index (χ1n) is 6.78. The van der Waals surface area contributed by atoms with Gasteiger partial charge in [-0.15, -0.1) is 0 Å². The lowest BCUT2D eigenvalue weighted by Gasteiger charge is -2.19. The summed E-state index contributed by atoms with van der Waals surface area (Å²) in [5.74, 6) is 1.83. The van der Waals surface area contributed by atoms with Gasteiger partial charge in [-0.2, -0.15) is 0 Å². The first-order valence-corrected chi connectivity index (χ1v) is 7.57. The Morgan fingerprint density at radius 3 is 3.05 bits per heavy atom. The Kier molecular flexibility index (Phi) is 3.71. The van der Waals surface area contributed by atoms with Crippen molar-refractivity contribution in [2.24, 2.45) is 11.7 Å². The largest absolute Gasteiger partial charge is 0.356 e. The third-order valence-electron chi connectivity index (χ3n) is 3.89. The number of nitrogens with two attached hydrogens (primary N) is 1. The number of pyridine rings is 1. The standard InChI is InChI=1S/C15H18BrN3/c16-14-3-1-2-13-12(14)5-8-18-15(13)19-9-6-11(10-19)4-7-17/h1-3,5,8,11H,4,6-7,9-10,17H2. The van der Waals surface area contributed by atoms with Gasteiger partial charge in [0, 0.05) is 34.5 Å². The third kappa shape index (κ3) is 2.47. The molecule has 2 N–H and O–H groups in total. The Balaban J connectivity index is 1.96. The maximum Gasteiger partial charge on any atom is 0.136 e. The van der Waals surface area contributed by atoms with Gasteiger partial charge in [0.05, 0.1) is 0 Å². The minimum Gasteiger partial charge on any atom is -0.356 e. The SMILES string of the molecule is NCCC1CCN(c2nccc3c(Br)cccc23)C1. The second-order valence-electron chi connectivity index (χ2n) is 5.15. The van der Waals surface area contributed by atoms with Crippen LogP contribution in [0.3, 0.4) is 0 Å². The smallest absolute Gasteiger partial charge is 0.136 e. The summed E-state index contributed by atoms with van der Waals surface area (Å²) in [6.45, 7) is 2.95. The summed E-state index contributed by atoms with van der Waals surface area (Å²) in [6, 6.07) is 8.37. The number of anilines is 1. The average Bonchev–Trinajstić information content (AvgIpc) is 2.88. The normalized spacial score (nSPS) is 19.3. The van der Waals surface area contributed by atoms with Crippen LogP contribution in [0.2, 0.25) is 0 Å². The van der Waals surface area contributed by atoms with Gasteiger partial charge in [0.2, 0.25) is 0 Å². The van der Waals surface area contributed by atoms with Crippen LogP contribution in [0.25, 0.3) is 10.8 Å². The van der Waals surface area contributed by atoms with Crippen molar-refractivity contribution in [3.8, 4) is 0 Å². The Morgan fingerprint density at radius 1 is 1.32 bits per heavy atom. The van der Waals surface area contributed by atoms with Crippen LogP contribution in [-0.2, 0) is 0 Å². The molecule has 1 aliphatic heterocycles. The average molecular weight is 320 g/mol. The zero-order valence-electron chi connectivity index (χ0n) is 10.8. The molecule has 1 aromatic carbocycles. The highest BCUT2D eigenvalue weighted by Crippen LogP contribution is 2.32. The Labute approximate surface area is 121 Å². The van der Waals surface area contributed by atoms with Crippen LogP contribution in [0.15, 0.2) is 34.9 Å². The predicted octanol–water partition coefficient (Wildman–Crippen LogP) is 3.17. The Hall–Kier alpha value is -1.13. The summed E-state index contributed by atoms with van der Waals surface area (Å²) in [4.78, 5) is 7.00. The maximum atomic E-state index is 5.66. The first-order chi connectivity index (χ1) is 9.29. The fraction of sp³-hybridized carbons (Fsp3) is 0.400. The van der Waals surface area contributed by atoms with Gasteiger partial charge in [-0.25, -0.2) is 4.98 Å². The van der Waals surface area contributed by atoms with Crippen LogP contribution in [-0.4, -0.2) is 24.6 Å². The molecule has 0 amide bonds. The minimum absolute atomic E-state index is 0.717. The fourth-order valence-electron chi connectivity index (χ4n) is 2.90. The second kappa shape index (κ2) is 5.47. The van der Waals surface area contributed by atoms with Crippen molar-refractivity contribution in [3.05, 3.63) is 34.9 Å². The third-order valence-corrected chi connectivity index (χ3v) is 4.58. The molecule has 2 aromatic rings. The van der Waals surface area contributed by atoms with Crippen LogP contribution in [0.4, 0.5) is 5.82 Å². The maximum absolute atomic E-state index is 5.66. The van der Waals surface area contributed by atoms with Gasteiger partial charge in [-0.1, -0.05) is 28.1 Å². The number of hydrogen-bond acceptors (Lipinski definition) is 3. The molecule has 3 rings (SSSR count). The molecule has 1 saturated heterocycles. The van der Waals surface area contributed by atoms with Gasteiger partial charge >= 0.3 is 0 Å². The van der Waals surface area contributed by atoms with E-state index in [0.29, 0.717) is 5.92 Å². The van der Waals surface area contributed by atoms with Crippen molar-refractivity contribution < 1.29 is 0 Å². The van der Waals surface area contributed by atoms with E-state index in [4.69, 9.17) is 5.73 Å². The van der Waals surface area contributed by atoms with Crippen LogP contribution < -0.4 is 10.6 Å². The summed E-state index contributed by atoms with van der Waals surface area (Å²) >= 11 is 3.61. The highest BCUT2D eigenvalue weighted by molar-refractivity contribution is 9.10. The van der Waals surface area contributed by atoms with Crippen LogP contribution >= 0.6 is 15.9 Å². The van der Waals surface area contributed by atoms with E-state index in [1.807, 2.05) is 6.20 Å². The van der Waals surface area contributed by atoms with Crippen molar-refractivity contribution in [2.45, 2.75) is 12.8 Å². The van der Waals surface area contributed by atoms with E-state index in [1.54, 1.807) is 0 Å². The van der Waals surface area contributed by atoms with Crippen LogP contribution in [0.1, 0.15) is 12.8 Å². The Morgan fingerprint density at radius 2 is 2.21 bits per heavy atom. The quantitative estimate of drug-likeness (QED) is 0.944. The topological polar surface area (TPSA) is 42.1 Å². The van der Waals surface area contributed by atoms with E-state index in [0.717, 1.165) is 36.3 Å². The zero-order valence-corrected chi connectivity index (χ0v) is 12.4. The molecule has 1 atom stereocenters. The number of aromatic nitrogens is 1. The van der Waals surface area contributed by atoms with Crippen molar-refractivity contribution in [2.75, 3.05) is 24.5 Å². The summed E-state index contributed by atoms with van der Waals surface area (Å²) in [6.07, 6.45) is 4.24. The molecule has 1 aliphatic rings. The monoisotopic (exact) mass is 319 g/mol. The van der Waals surface area contributed by atoms with Crippen LogP contribution in [0.5, 0.6) is 0 Å². The van der Waals surface area contributed by atoms with Gasteiger partial charge in [0.25, 0.3) is 0 Å². The number of rotatable bonds is 3. The summed E-state index contributed by atoms with van der Waals surface area (Å²) in [5, 5.41) is 2.46. The molecule has 0 radical (unpaired) electrons. The van der Waals surface area contributed by atoms with Gasteiger partial charge < -0.3 is 10.6 Å². The number of nitrogens with zero attached hydrogens (tertiary/aromatic N) is 2. The lowest BCUT2D eigenvalue weighted by atomic mass is 10.1. The molecule has 19 heavy (non-hydrogen) atoms. The molecule has 3 nitrogen and oxygen atoms in total. The van der Waals surface area contributed by atoms with Gasteiger partial charge in [-0.3, -0.25) is 0 Å². The molecule has 1 fully saturated rings. The molecule has 4 heteroatoms. The van der Waals surface area contributed by atoms with E-state index in [9.17, 15) is 0 Å². The molecular formula is C15H18BrN3. The number of hydrogen-bond donors (Lipinski definition) is 1.